The molecule has 1 aliphatic heterocycles. The number of piperidine rings is 1. The highest BCUT2D eigenvalue weighted by atomic mass is 16.5. The van der Waals surface area contributed by atoms with Gasteiger partial charge in [0.1, 0.15) is 0 Å². The maximum Gasteiger partial charge on any atom is 0.255 e. The molecule has 0 saturated carbocycles. The third-order valence-corrected chi connectivity index (χ3v) is 3.59. The van der Waals surface area contributed by atoms with Gasteiger partial charge in [-0.25, -0.2) is 0 Å². The van der Waals surface area contributed by atoms with Crippen LogP contribution in [0.1, 0.15) is 35.3 Å². The molecule has 0 spiro atoms. The largest absolute Gasteiger partial charge is 0.378 e. The van der Waals surface area contributed by atoms with E-state index in [0.29, 0.717) is 12.1 Å². The second-order valence-corrected chi connectivity index (χ2v) is 5.19. The molecule has 1 aromatic rings. The second kappa shape index (κ2) is 7.36. The molecule has 1 fully saturated rings. The minimum Gasteiger partial charge on any atom is -0.378 e. The van der Waals surface area contributed by atoms with E-state index in [1.165, 1.54) is 0 Å². The first-order valence-electron chi connectivity index (χ1n) is 7.24. The molecule has 2 heterocycles. The highest BCUT2D eigenvalue weighted by Crippen LogP contribution is 2.16. The number of pyridine rings is 1. The number of amides is 1. The van der Waals surface area contributed by atoms with Gasteiger partial charge in [0.25, 0.3) is 5.91 Å². The zero-order chi connectivity index (χ0) is 14.4. The molecule has 20 heavy (non-hydrogen) atoms. The van der Waals surface area contributed by atoms with Crippen molar-refractivity contribution in [2.45, 2.75) is 32.3 Å². The lowest BCUT2D eigenvalue weighted by Gasteiger charge is -2.32. The summed E-state index contributed by atoms with van der Waals surface area (Å²) in [6, 6.07) is 3.71. The van der Waals surface area contributed by atoms with E-state index in [0.717, 1.165) is 44.7 Å². The van der Waals surface area contributed by atoms with Gasteiger partial charge in [-0.1, -0.05) is 0 Å². The molecular formula is C15H23N3O2. The van der Waals surface area contributed by atoms with Crippen molar-refractivity contribution in [1.82, 2.24) is 9.88 Å². The molecule has 110 valence electrons. The van der Waals surface area contributed by atoms with Crippen LogP contribution in [-0.4, -0.2) is 48.1 Å². The normalized spacial score (nSPS) is 16.4. The van der Waals surface area contributed by atoms with Crippen LogP contribution in [0.2, 0.25) is 0 Å². The van der Waals surface area contributed by atoms with Gasteiger partial charge in [0, 0.05) is 31.6 Å². The zero-order valence-corrected chi connectivity index (χ0v) is 12.0. The lowest BCUT2D eigenvalue weighted by Crippen LogP contribution is -2.41. The fourth-order valence-corrected chi connectivity index (χ4v) is 2.34. The van der Waals surface area contributed by atoms with Gasteiger partial charge >= 0.3 is 0 Å². The Morgan fingerprint density at radius 1 is 1.45 bits per heavy atom. The van der Waals surface area contributed by atoms with Crippen molar-refractivity contribution in [3.8, 4) is 0 Å². The Morgan fingerprint density at radius 3 is 2.80 bits per heavy atom. The molecule has 1 aromatic heterocycles. The molecule has 5 nitrogen and oxygen atoms in total. The zero-order valence-electron chi connectivity index (χ0n) is 12.0. The van der Waals surface area contributed by atoms with Crippen molar-refractivity contribution in [3.63, 3.8) is 0 Å². The first-order chi connectivity index (χ1) is 9.70. The molecule has 0 aromatic carbocycles. The summed E-state index contributed by atoms with van der Waals surface area (Å²) in [6.45, 7) is 4.80. The summed E-state index contributed by atoms with van der Waals surface area (Å²) in [6.07, 6.45) is 4.61. The second-order valence-electron chi connectivity index (χ2n) is 5.19. The standard InChI is InChI=1S/C15H23N3O2/c1-12-3-4-13(11-17-12)15(19)18-8-5-14(6-9-18)20-10-2-7-16/h3-4,11,14H,2,5-10,16H2,1H3. The highest BCUT2D eigenvalue weighted by molar-refractivity contribution is 5.93. The first-order valence-corrected chi connectivity index (χ1v) is 7.24. The Morgan fingerprint density at radius 2 is 2.20 bits per heavy atom. The first kappa shape index (κ1) is 14.9. The number of hydrogen-bond donors (Lipinski definition) is 1. The molecule has 1 amide bonds. The number of carbonyl (C=O) groups excluding carboxylic acids is 1. The number of nitrogens with two attached hydrogens (primary N) is 1. The highest BCUT2D eigenvalue weighted by Gasteiger charge is 2.23. The van der Waals surface area contributed by atoms with Crippen LogP contribution in [0.15, 0.2) is 18.3 Å². The fraction of sp³-hybridized carbons (Fsp3) is 0.600. The van der Waals surface area contributed by atoms with Crippen molar-refractivity contribution in [2.24, 2.45) is 5.73 Å². The van der Waals surface area contributed by atoms with Gasteiger partial charge in [-0.15, -0.1) is 0 Å². The van der Waals surface area contributed by atoms with Crippen LogP contribution in [0, 0.1) is 6.92 Å². The summed E-state index contributed by atoms with van der Waals surface area (Å²) < 4.78 is 5.74. The van der Waals surface area contributed by atoms with Crippen LogP contribution in [0.5, 0.6) is 0 Å². The summed E-state index contributed by atoms with van der Waals surface area (Å²) >= 11 is 0. The van der Waals surface area contributed by atoms with Crippen molar-refractivity contribution in [1.29, 1.82) is 0 Å². The fourth-order valence-electron chi connectivity index (χ4n) is 2.34. The lowest BCUT2D eigenvalue weighted by molar-refractivity contribution is 0.00844. The Labute approximate surface area is 120 Å². The molecule has 2 rings (SSSR count). The van der Waals surface area contributed by atoms with Gasteiger partial charge in [0.05, 0.1) is 11.7 Å². The van der Waals surface area contributed by atoms with Crippen LogP contribution >= 0.6 is 0 Å². The van der Waals surface area contributed by atoms with Crippen LogP contribution < -0.4 is 5.73 Å². The summed E-state index contributed by atoms with van der Waals surface area (Å²) in [5, 5.41) is 0. The van der Waals surface area contributed by atoms with Crippen LogP contribution in [-0.2, 0) is 4.74 Å². The van der Waals surface area contributed by atoms with E-state index in [1.807, 2.05) is 24.0 Å². The summed E-state index contributed by atoms with van der Waals surface area (Å²) in [5.74, 6) is 0.0675. The van der Waals surface area contributed by atoms with E-state index < -0.39 is 0 Å². The number of rotatable bonds is 5. The number of nitrogens with zero attached hydrogens (tertiary/aromatic N) is 2. The minimum absolute atomic E-state index is 0.0675. The average Bonchev–Trinajstić information content (AvgIpc) is 2.48. The number of ether oxygens (including phenoxy) is 1. The van der Waals surface area contributed by atoms with Crippen molar-refractivity contribution < 1.29 is 9.53 Å². The number of likely N-dealkylation sites (tertiary alicyclic amines) is 1. The molecule has 0 aliphatic carbocycles. The van der Waals surface area contributed by atoms with Crippen molar-refractivity contribution in [2.75, 3.05) is 26.2 Å². The topological polar surface area (TPSA) is 68.5 Å². The predicted octanol–water partition coefficient (Wildman–Crippen LogP) is 1.36. The third-order valence-electron chi connectivity index (χ3n) is 3.59. The third kappa shape index (κ3) is 4.02. The molecule has 0 unspecified atom stereocenters. The van der Waals surface area contributed by atoms with Gasteiger partial charge < -0.3 is 15.4 Å². The maximum atomic E-state index is 12.3. The van der Waals surface area contributed by atoms with Gasteiger partial charge in [-0.2, -0.15) is 0 Å². The molecule has 2 N–H and O–H groups in total. The van der Waals surface area contributed by atoms with E-state index >= 15 is 0 Å². The number of aryl methyl sites for hydroxylation is 1. The molecule has 1 aliphatic rings. The Kier molecular flexibility index (Phi) is 5.49. The van der Waals surface area contributed by atoms with Crippen molar-refractivity contribution in [3.05, 3.63) is 29.6 Å². The Hall–Kier alpha value is -1.46. The summed E-state index contributed by atoms with van der Waals surface area (Å²) in [7, 11) is 0. The van der Waals surface area contributed by atoms with Crippen LogP contribution in [0.3, 0.4) is 0 Å². The Bertz CT molecular complexity index is 425. The number of carbonyl (C=O) groups is 1. The van der Waals surface area contributed by atoms with E-state index in [-0.39, 0.29) is 12.0 Å². The van der Waals surface area contributed by atoms with E-state index in [4.69, 9.17) is 10.5 Å². The molecular weight excluding hydrogens is 254 g/mol. The lowest BCUT2D eigenvalue weighted by atomic mass is 10.1. The average molecular weight is 277 g/mol. The predicted molar refractivity (Wildman–Crippen MR) is 77.5 cm³/mol. The van der Waals surface area contributed by atoms with Crippen LogP contribution in [0.4, 0.5) is 0 Å². The van der Waals surface area contributed by atoms with Gasteiger partial charge in [0.2, 0.25) is 0 Å². The van der Waals surface area contributed by atoms with Crippen LogP contribution in [0.25, 0.3) is 0 Å². The Balaban J connectivity index is 1.81. The quantitative estimate of drug-likeness (QED) is 0.825. The SMILES string of the molecule is Cc1ccc(C(=O)N2CCC(OCCCN)CC2)cn1. The van der Waals surface area contributed by atoms with Crippen molar-refractivity contribution >= 4 is 5.91 Å². The maximum absolute atomic E-state index is 12.3. The smallest absolute Gasteiger partial charge is 0.255 e. The molecule has 5 heteroatoms. The number of aromatic nitrogens is 1. The van der Waals surface area contributed by atoms with Gasteiger partial charge in [-0.3, -0.25) is 9.78 Å². The molecule has 0 radical (unpaired) electrons. The summed E-state index contributed by atoms with van der Waals surface area (Å²) in [5.41, 5.74) is 7.03. The van der Waals surface area contributed by atoms with E-state index in [2.05, 4.69) is 4.98 Å². The minimum atomic E-state index is 0.0675. The number of hydrogen-bond acceptors (Lipinski definition) is 4. The van der Waals surface area contributed by atoms with Gasteiger partial charge in [0.15, 0.2) is 0 Å². The summed E-state index contributed by atoms with van der Waals surface area (Å²) in [4.78, 5) is 18.4. The molecule has 1 saturated heterocycles. The van der Waals surface area contributed by atoms with E-state index in [9.17, 15) is 4.79 Å². The van der Waals surface area contributed by atoms with E-state index in [1.54, 1.807) is 6.20 Å². The van der Waals surface area contributed by atoms with Gasteiger partial charge in [-0.05, 0) is 44.9 Å². The molecule has 0 bridgehead atoms. The molecule has 0 atom stereocenters. The monoisotopic (exact) mass is 277 g/mol.